The molecule has 3 aromatic rings. The van der Waals surface area contributed by atoms with E-state index >= 15 is 0 Å². The van der Waals surface area contributed by atoms with Crippen LogP contribution in [-0.4, -0.2) is 20.9 Å². The maximum absolute atomic E-state index is 12.2. The number of benzene rings is 1. The van der Waals surface area contributed by atoms with E-state index < -0.39 is 5.91 Å². The number of halogens is 2. The van der Waals surface area contributed by atoms with E-state index in [2.05, 4.69) is 25.6 Å². The summed E-state index contributed by atoms with van der Waals surface area (Å²) in [5.74, 6) is 0.162. The summed E-state index contributed by atoms with van der Waals surface area (Å²) in [7, 11) is 0. The smallest absolute Gasteiger partial charge is 0.275 e. The molecule has 3 rings (SSSR count). The minimum Gasteiger partial charge on any atom is -0.365 e. The third-order valence-electron chi connectivity index (χ3n) is 3.29. The molecule has 0 spiro atoms. The maximum Gasteiger partial charge on any atom is 0.275 e. The number of hydrogen-bond donors (Lipinski definition) is 2. The number of pyridine rings is 1. The van der Waals surface area contributed by atoms with Crippen LogP contribution in [0.3, 0.4) is 0 Å². The fourth-order valence-corrected chi connectivity index (χ4v) is 2.46. The fourth-order valence-electron chi connectivity index (χ4n) is 2.01. The van der Waals surface area contributed by atoms with E-state index in [1.165, 1.54) is 12.4 Å². The zero-order valence-corrected chi connectivity index (χ0v) is 14.4. The second-order valence-electron chi connectivity index (χ2n) is 5.07. The van der Waals surface area contributed by atoms with Crippen LogP contribution >= 0.6 is 23.2 Å². The van der Waals surface area contributed by atoms with E-state index in [-0.39, 0.29) is 5.69 Å². The van der Waals surface area contributed by atoms with Gasteiger partial charge in [0.25, 0.3) is 5.91 Å². The maximum atomic E-state index is 12.2. The van der Waals surface area contributed by atoms with Gasteiger partial charge in [-0.3, -0.25) is 9.78 Å². The molecule has 0 bridgehead atoms. The summed E-state index contributed by atoms with van der Waals surface area (Å²) in [6.45, 7) is 0.586. The summed E-state index contributed by atoms with van der Waals surface area (Å²) in [6.07, 6.45) is 6.34. The molecule has 6 nitrogen and oxygen atoms in total. The lowest BCUT2D eigenvalue weighted by molar-refractivity contribution is 0.102. The molecule has 1 aromatic carbocycles. The first-order valence-electron chi connectivity index (χ1n) is 7.33. The molecule has 0 aliphatic carbocycles. The molecular weight excluding hydrogens is 361 g/mol. The van der Waals surface area contributed by atoms with Crippen LogP contribution in [-0.2, 0) is 6.54 Å². The molecule has 25 heavy (non-hydrogen) atoms. The number of aromatic nitrogens is 3. The average molecular weight is 374 g/mol. The van der Waals surface area contributed by atoms with Gasteiger partial charge in [-0.25, -0.2) is 9.97 Å². The molecule has 0 saturated heterocycles. The molecule has 0 aliphatic rings. The van der Waals surface area contributed by atoms with Gasteiger partial charge in [0.1, 0.15) is 11.5 Å². The molecule has 1 amide bonds. The van der Waals surface area contributed by atoms with Crippen LogP contribution in [0.5, 0.6) is 0 Å². The normalized spacial score (nSPS) is 10.3. The van der Waals surface area contributed by atoms with Crippen LogP contribution < -0.4 is 10.6 Å². The van der Waals surface area contributed by atoms with Crippen LogP contribution in [0.15, 0.2) is 55.1 Å². The second kappa shape index (κ2) is 7.92. The van der Waals surface area contributed by atoms with Crippen molar-refractivity contribution in [3.8, 4) is 0 Å². The lowest BCUT2D eigenvalue weighted by Crippen LogP contribution is -2.14. The second-order valence-corrected chi connectivity index (χ2v) is 5.92. The van der Waals surface area contributed by atoms with E-state index in [0.29, 0.717) is 28.1 Å². The summed E-state index contributed by atoms with van der Waals surface area (Å²) in [4.78, 5) is 24.5. The summed E-state index contributed by atoms with van der Waals surface area (Å²) in [5.41, 5.74) is 1.70. The lowest BCUT2D eigenvalue weighted by atomic mass is 10.3. The van der Waals surface area contributed by atoms with Gasteiger partial charge in [0.2, 0.25) is 0 Å². The highest BCUT2D eigenvalue weighted by atomic mass is 35.5. The Hall–Kier alpha value is -2.70. The van der Waals surface area contributed by atoms with E-state index in [1.807, 2.05) is 12.1 Å². The van der Waals surface area contributed by atoms with Gasteiger partial charge in [-0.2, -0.15) is 0 Å². The molecule has 2 N–H and O–H groups in total. The number of amides is 1. The summed E-state index contributed by atoms with van der Waals surface area (Å²) >= 11 is 11.9. The summed E-state index contributed by atoms with van der Waals surface area (Å²) in [6, 6.07) is 8.62. The number of carbonyl (C=O) groups excluding carboxylic acids is 1. The number of hydrogen-bond acceptors (Lipinski definition) is 5. The minimum absolute atomic E-state index is 0.181. The van der Waals surface area contributed by atoms with Crippen LogP contribution in [0, 0.1) is 0 Å². The van der Waals surface area contributed by atoms with Crippen molar-refractivity contribution in [1.29, 1.82) is 0 Å². The van der Waals surface area contributed by atoms with E-state index in [0.717, 1.165) is 5.56 Å². The average Bonchev–Trinajstić information content (AvgIpc) is 2.63. The molecule has 0 unspecified atom stereocenters. The van der Waals surface area contributed by atoms with Crippen molar-refractivity contribution in [1.82, 2.24) is 15.0 Å². The Balaban J connectivity index is 1.62. The third-order valence-corrected chi connectivity index (χ3v) is 3.83. The highest BCUT2D eigenvalue weighted by Gasteiger charge is 2.11. The Morgan fingerprint density at radius 2 is 1.84 bits per heavy atom. The van der Waals surface area contributed by atoms with Crippen LogP contribution in [0.1, 0.15) is 16.1 Å². The van der Waals surface area contributed by atoms with Gasteiger partial charge in [-0.1, -0.05) is 23.2 Å². The first-order chi connectivity index (χ1) is 12.1. The van der Waals surface area contributed by atoms with Gasteiger partial charge in [0.15, 0.2) is 0 Å². The van der Waals surface area contributed by atoms with Gasteiger partial charge < -0.3 is 10.6 Å². The molecule has 126 valence electrons. The van der Waals surface area contributed by atoms with Crippen molar-refractivity contribution < 1.29 is 4.79 Å². The van der Waals surface area contributed by atoms with E-state index in [9.17, 15) is 4.79 Å². The van der Waals surface area contributed by atoms with Gasteiger partial charge in [0.05, 0.1) is 23.1 Å². The van der Waals surface area contributed by atoms with Crippen molar-refractivity contribution in [3.05, 3.63) is 76.4 Å². The number of anilines is 2. The molecular formula is C17H13Cl2N5O. The number of nitrogens with one attached hydrogen (secondary N) is 2. The summed E-state index contributed by atoms with van der Waals surface area (Å²) in [5, 5.41) is 6.64. The minimum atomic E-state index is -0.405. The van der Waals surface area contributed by atoms with Crippen molar-refractivity contribution in [3.63, 3.8) is 0 Å². The Labute approximate surface area is 154 Å². The van der Waals surface area contributed by atoms with E-state index in [4.69, 9.17) is 23.2 Å². The first-order valence-corrected chi connectivity index (χ1v) is 8.08. The van der Waals surface area contributed by atoms with Crippen molar-refractivity contribution >= 4 is 40.6 Å². The molecule has 0 saturated carbocycles. The molecule has 0 aliphatic heterocycles. The number of carbonyl (C=O) groups is 1. The van der Waals surface area contributed by atoms with E-state index in [1.54, 1.807) is 30.6 Å². The predicted molar refractivity (Wildman–Crippen MR) is 98.0 cm³/mol. The zero-order valence-electron chi connectivity index (χ0n) is 12.9. The Morgan fingerprint density at radius 1 is 1.04 bits per heavy atom. The predicted octanol–water partition coefficient (Wildman–Crippen LogP) is 4.04. The van der Waals surface area contributed by atoms with Crippen molar-refractivity contribution in [2.75, 3.05) is 10.6 Å². The van der Waals surface area contributed by atoms with Crippen LogP contribution in [0.2, 0.25) is 10.0 Å². The molecule has 0 atom stereocenters. The molecule has 0 fully saturated rings. The lowest BCUT2D eigenvalue weighted by Gasteiger charge is -2.08. The Bertz CT molecular complexity index is 872. The molecule has 2 heterocycles. The first kappa shape index (κ1) is 17.1. The van der Waals surface area contributed by atoms with Crippen LogP contribution in [0.25, 0.3) is 0 Å². The van der Waals surface area contributed by atoms with Crippen molar-refractivity contribution in [2.24, 2.45) is 0 Å². The topological polar surface area (TPSA) is 79.8 Å². The SMILES string of the molecule is O=C(Nc1ccc(Cl)cc1Cl)c1cnc(NCc2ccncc2)cn1. The van der Waals surface area contributed by atoms with Crippen LogP contribution in [0.4, 0.5) is 11.5 Å². The van der Waals surface area contributed by atoms with Gasteiger partial charge in [-0.15, -0.1) is 0 Å². The highest BCUT2D eigenvalue weighted by molar-refractivity contribution is 6.36. The Morgan fingerprint density at radius 3 is 2.52 bits per heavy atom. The van der Waals surface area contributed by atoms with Crippen molar-refractivity contribution in [2.45, 2.75) is 6.54 Å². The Kier molecular flexibility index (Phi) is 5.42. The van der Waals surface area contributed by atoms with Gasteiger partial charge >= 0.3 is 0 Å². The monoisotopic (exact) mass is 373 g/mol. The third kappa shape index (κ3) is 4.65. The standard InChI is InChI=1S/C17H13Cl2N5O/c18-12-1-2-14(13(19)7-12)24-17(25)15-9-23-16(10-21-15)22-8-11-3-5-20-6-4-11/h1-7,9-10H,8H2,(H,22,23)(H,24,25). The fraction of sp³-hybridized carbons (Fsp3) is 0.0588. The molecule has 8 heteroatoms. The highest BCUT2D eigenvalue weighted by Crippen LogP contribution is 2.25. The molecule has 0 radical (unpaired) electrons. The largest absolute Gasteiger partial charge is 0.365 e. The number of rotatable bonds is 5. The summed E-state index contributed by atoms with van der Waals surface area (Å²) < 4.78 is 0. The molecule has 2 aromatic heterocycles. The zero-order chi connectivity index (χ0) is 17.6. The number of nitrogens with zero attached hydrogens (tertiary/aromatic N) is 3. The quantitative estimate of drug-likeness (QED) is 0.705. The van der Waals surface area contributed by atoms with Gasteiger partial charge in [0, 0.05) is 24.0 Å². The van der Waals surface area contributed by atoms with Gasteiger partial charge in [-0.05, 0) is 35.9 Å².